The number of rotatable bonds is 8. The van der Waals surface area contributed by atoms with Gasteiger partial charge in [0.15, 0.2) is 10.8 Å². The zero-order chi connectivity index (χ0) is 29.0. The van der Waals surface area contributed by atoms with E-state index in [9.17, 15) is 18.0 Å². The molecule has 8 nitrogen and oxygen atoms in total. The highest BCUT2D eigenvalue weighted by molar-refractivity contribution is 7.80. The molecule has 0 unspecified atom stereocenters. The number of nitrogens with zero attached hydrogens (tertiary/aromatic N) is 2. The van der Waals surface area contributed by atoms with Gasteiger partial charge in [-0.1, -0.05) is 32.0 Å². The summed E-state index contributed by atoms with van der Waals surface area (Å²) in [6, 6.07) is 15.4. The van der Waals surface area contributed by atoms with Crippen molar-refractivity contribution >= 4 is 45.5 Å². The lowest BCUT2D eigenvalue weighted by atomic mass is 10.0. The van der Waals surface area contributed by atoms with Crippen LogP contribution in [0.1, 0.15) is 41.4 Å². The standard InChI is InChI=1S/C27H26F4N6O2S/c1-15(2)19-6-4-5-7-21(19)34-26(40)35-32-14-16-12-20(28)23-22(13-16)37(3)36-24(23)25(38)33-17-8-10-18(11-9-17)39-27(29,30)31/h4-13,15,32H,14H2,1-3H3,(H,33,38)(H2,34,35,40). The average Bonchev–Trinajstić information content (AvgIpc) is 3.21. The van der Waals surface area contributed by atoms with Crippen molar-refractivity contribution in [3.05, 3.63) is 83.3 Å². The molecule has 1 heterocycles. The number of anilines is 2. The van der Waals surface area contributed by atoms with E-state index in [0.29, 0.717) is 22.1 Å². The topological polar surface area (TPSA) is 92.2 Å². The molecule has 0 saturated heterocycles. The number of aryl methyl sites for hydroxylation is 1. The number of para-hydroxylation sites is 1. The number of nitrogens with one attached hydrogen (secondary N) is 4. The van der Waals surface area contributed by atoms with E-state index >= 15 is 4.39 Å². The number of hydrogen-bond donors (Lipinski definition) is 4. The zero-order valence-corrected chi connectivity index (χ0v) is 22.5. The zero-order valence-electron chi connectivity index (χ0n) is 21.7. The highest BCUT2D eigenvalue weighted by Crippen LogP contribution is 2.27. The largest absolute Gasteiger partial charge is 0.573 e. The van der Waals surface area contributed by atoms with Gasteiger partial charge in [-0.3, -0.25) is 14.9 Å². The Bertz CT molecular complexity index is 1540. The summed E-state index contributed by atoms with van der Waals surface area (Å²) >= 11 is 5.36. The normalized spacial score (nSPS) is 11.5. The molecule has 4 rings (SSSR count). The lowest BCUT2D eigenvalue weighted by molar-refractivity contribution is -0.274. The molecular formula is C27H26F4N6O2S. The Morgan fingerprint density at radius 3 is 2.45 bits per heavy atom. The molecule has 0 radical (unpaired) electrons. The van der Waals surface area contributed by atoms with Gasteiger partial charge in [0.25, 0.3) is 5.91 Å². The molecule has 0 aliphatic rings. The number of thiocarbonyl (C=S) groups is 1. The molecule has 4 N–H and O–H groups in total. The first kappa shape index (κ1) is 28.8. The monoisotopic (exact) mass is 574 g/mol. The molecule has 1 amide bonds. The first-order chi connectivity index (χ1) is 18.9. The van der Waals surface area contributed by atoms with E-state index in [4.69, 9.17) is 12.2 Å². The molecule has 0 fully saturated rings. The summed E-state index contributed by atoms with van der Waals surface area (Å²) in [5.41, 5.74) is 8.80. The number of ether oxygens (including phenoxy) is 1. The molecule has 4 aromatic rings. The fraction of sp³-hybridized carbons (Fsp3) is 0.222. The van der Waals surface area contributed by atoms with Crippen LogP contribution in [-0.4, -0.2) is 27.2 Å². The van der Waals surface area contributed by atoms with Gasteiger partial charge in [-0.05, 0) is 71.7 Å². The Morgan fingerprint density at radius 1 is 1.07 bits per heavy atom. The molecule has 40 heavy (non-hydrogen) atoms. The molecule has 0 saturated carbocycles. The molecule has 3 aromatic carbocycles. The number of benzene rings is 3. The fourth-order valence-corrected chi connectivity index (χ4v) is 4.26. The molecule has 13 heteroatoms. The number of carbonyl (C=O) groups is 1. The summed E-state index contributed by atoms with van der Waals surface area (Å²) in [5.74, 6) is -1.52. The highest BCUT2D eigenvalue weighted by atomic mass is 32.1. The van der Waals surface area contributed by atoms with Gasteiger partial charge in [-0.25, -0.2) is 9.82 Å². The third-order valence-corrected chi connectivity index (χ3v) is 6.06. The number of carbonyl (C=O) groups excluding carboxylic acids is 1. The van der Waals surface area contributed by atoms with Gasteiger partial charge in [0.2, 0.25) is 0 Å². The molecule has 0 aliphatic heterocycles. The third-order valence-electron chi connectivity index (χ3n) is 5.85. The van der Waals surface area contributed by atoms with Crippen LogP contribution in [0.3, 0.4) is 0 Å². The molecule has 1 aromatic heterocycles. The van der Waals surface area contributed by atoms with Gasteiger partial charge in [0, 0.05) is 25.0 Å². The molecule has 0 bridgehead atoms. The van der Waals surface area contributed by atoms with Crippen LogP contribution >= 0.6 is 12.2 Å². The van der Waals surface area contributed by atoms with Gasteiger partial charge in [-0.2, -0.15) is 5.10 Å². The second kappa shape index (κ2) is 11.9. The fourth-order valence-electron chi connectivity index (χ4n) is 4.08. The van der Waals surface area contributed by atoms with Crippen molar-refractivity contribution in [2.75, 3.05) is 10.6 Å². The Morgan fingerprint density at radius 2 is 1.77 bits per heavy atom. The number of amides is 1. The van der Waals surface area contributed by atoms with Crippen LogP contribution in [0, 0.1) is 5.82 Å². The molecule has 0 aliphatic carbocycles. The molecule has 0 atom stereocenters. The Kier molecular flexibility index (Phi) is 8.55. The summed E-state index contributed by atoms with van der Waals surface area (Å²) in [6.07, 6.45) is -4.83. The van der Waals surface area contributed by atoms with Crippen LogP contribution < -0.4 is 26.2 Å². The van der Waals surface area contributed by atoms with Crippen molar-refractivity contribution in [3.63, 3.8) is 0 Å². The first-order valence-corrected chi connectivity index (χ1v) is 12.5. The van der Waals surface area contributed by atoms with Gasteiger partial charge < -0.3 is 15.4 Å². The van der Waals surface area contributed by atoms with E-state index in [1.54, 1.807) is 13.1 Å². The molecule has 210 valence electrons. The number of halogens is 4. The van der Waals surface area contributed by atoms with Crippen molar-refractivity contribution in [1.29, 1.82) is 0 Å². The summed E-state index contributed by atoms with van der Waals surface area (Å²) in [5, 5.41) is 10.2. The lowest BCUT2D eigenvalue weighted by Crippen LogP contribution is -2.39. The Hall–Kier alpha value is -4.23. The predicted octanol–water partition coefficient (Wildman–Crippen LogP) is 5.98. The summed E-state index contributed by atoms with van der Waals surface area (Å²) in [4.78, 5) is 12.8. The van der Waals surface area contributed by atoms with Crippen molar-refractivity contribution < 1.29 is 27.1 Å². The van der Waals surface area contributed by atoms with E-state index in [1.165, 1.54) is 22.9 Å². The predicted molar refractivity (Wildman–Crippen MR) is 148 cm³/mol. The van der Waals surface area contributed by atoms with Crippen LogP contribution in [0.5, 0.6) is 5.75 Å². The van der Waals surface area contributed by atoms with Gasteiger partial charge >= 0.3 is 6.36 Å². The average molecular weight is 575 g/mol. The minimum atomic E-state index is -4.83. The van der Waals surface area contributed by atoms with Gasteiger partial charge in [0.05, 0.1) is 10.9 Å². The van der Waals surface area contributed by atoms with Crippen molar-refractivity contribution in [2.24, 2.45) is 7.05 Å². The summed E-state index contributed by atoms with van der Waals surface area (Å²) < 4.78 is 57.4. The summed E-state index contributed by atoms with van der Waals surface area (Å²) in [7, 11) is 1.57. The van der Waals surface area contributed by atoms with Gasteiger partial charge in [0.1, 0.15) is 11.6 Å². The van der Waals surface area contributed by atoms with Crippen LogP contribution in [0.4, 0.5) is 28.9 Å². The smallest absolute Gasteiger partial charge is 0.406 e. The van der Waals surface area contributed by atoms with E-state index in [1.807, 2.05) is 24.3 Å². The Labute approximate surface area is 232 Å². The number of hydrazine groups is 1. The maximum atomic E-state index is 15.2. The maximum absolute atomic E-state index is 15.2. The van der Waals surface area contributed by atoms with Crippen molar-refractivity contribution in [2.45, 2.75) is 32.7 Å². The second-order valence-electron chi connectivity index (χ2n) is 9.14. The lowest BCUT2D eigenvalue weighted by Gasteiger charge is -2.16. The number of fused-ring (bicyclic) bond motifs is 1. The van der Waals surface area contributed by atoms with E-state index < -0.39 is 23.8 Å². The molecular weight excluding hydrogens is 548 g/mol. The van der Waals surface area contributed by atoms with Crippen molar-refractivity contribution in [1.82, 2.24) is 20.6 Å². The van der Waals surface area contributed by atoms with Crippen molar-refractivity contribution in [3.8, 4) is 5.75 Å². The minimum absolute atomic E-state index is 0.0104. The maximum Gasteiger partial charge on any atom is 0.573 e. The summed E-state index contributed by atoms with van der Waals surface area (Å²) in [6.45, 7) is 4.38. The Balaban J connectivity index is 1.41. The quantitative estimate of drug-likeness (QED) is 0.117. The molecule has 0 spiro atoms. The van der Waals surface area contributed by atoms with E-state index in [0.717, 1.165) is 23.4 Å². The van der Waals surface area contributed by atoms with Crippen LogP contribution in [0.2, 0.25) is 0 Å². The number of hydrogen-bond acceptors (Lipinski definition) is 5. The second-order valence-corrected chi connectivity index (χ2v) is 9.55. The van der Waals surface area contributed by atoms with Crippen LogP contribution in [0.25, 0.3) is 10.9 Å². The minimum Gasteiger partial charge on any atom is -0.406 e. The van der Waals surface area contributed by atoms with E-state index in [2.05, 4.69) is 45.2 Å². The van der Waals surface area contributed by atoms with E-state index in [-0.39, 0.29) is 23.3 Å². The number of aromatic nitrogens is 2. The van der Waals surface area contributed by atoms with Crippen LogP contribution in [0.15, 0.2) is 60.7 Å². The first-order valence-electron chi connectivity index (χ1n) is 12.1. The SMILES string of the molecule is CC(C)c1ccccc1NC(=S)NNCc1cc(F)c2c(C(=O)Nc3ccc(OC(F)(F)F)cc3)nn(C)c2c1. The van der Waals surface area contributed by atoms with Gasteiger partial charge in [-0.15, -0.1) is 13.2 Å². The number of alkyl halides is 3. The van der Waals surface area contributed by atoms with Crippen LogP contribution in [-0.2, 0) is 13.6 Å². The highest BCUT2D eigenvalue weighted by Gasteiger charge is 2.31. The third kappa shape index (κ3) is 7.04.